The minimum atomic E-state index is -0.836. The molecule has 2 rings (SSSR count). The largest absolute Gasteiger partial charge is 0.309 e. The second kappa shape index (κ2) is 5.34. The molecular formula is C16H20N2. The molecule has 18 heavy (non-hydrogen) atoms. The van der Waals surface area contributed by atoms with Gasteiger partial charge in [-0.3, -0.25) is 0 Å². The maximum absolute atomic E-state index is 6.40. The van der Waals surface area contributed by atoms with Gasteiger partial charge in [0.1, 0.15) is 0 Å². The molecule has 1 unspecified atom stereocenters. The van der Waals surface area contributed by atoms with Crippen LogP contribution in [-0.4, -0.2) is 0 Å². The molecule has 0 spiro atoms. The standard InChI is InChI=1S/C16H20N2/c1-2-15(13-9-5-3-6-10-13)16(17,18)14-11-7-4-8-12-14/h3-12,15H,2,17-18H2,1H3. The summed E-state index contributed by atoms with van der Waals surface area (Å²) in [5, 5.41) is 0. The van der Waals surface area contributed by atoms with Crippen molar-refractivity contribution >= 4 is 0 Å². The number of hydrogen-bond acceptors (Lipinski definition) is 2. The zero-order chi connectivity index (χ0) is 13.0. The Morgan fingerprint density at radius 2 is 1.39 bits per heavy atom. The van der Waals surface area contributed by atoms with Crippen molar-refractivity contribution in [3.05, 3.63) is 71.8 Å². The highest BCUT2D eigenvalue weighted by atomic mass is 15.0. The first kappa shape index (κ1) is 12.8. The Labute approximate surface area is 109 Å². The lowest BCUT2D eigenvalue weighted by Crippen LogP contribution is -2.51. The molecular weight excluding hydrogens is 220 g/mol. The highest BCUT2D eigenvalue weighted by Gasteiger charge is 2.32. The van der Waals surface area contributed by atoms with Crippen LogP contribution in [0.4, 0.5) is 0 Å². The second-order valence-corrected chi connectivity index (χ2v) is 4.67. The molecule has 0 saturated carbocycles. The van der Waals surface area contributed by atoms with Crippen LogP contribution in [0, 0.1) is 0 Å². The van der Waals surface area contributed by atoms with Crippen molar-refractivity contribution in [2.75, 3.05) is 0 Å². The fourth-order valence-corrected chi connectivity index (χ4v) is 2.46. The molecule has 2 aromatic carbocycles. The molecule has 2 aromatic rings. The molecule has 0 aromatic heterocycles. The number of hydrogen-bond donors (Lipinski definition) is 2. The molecule has 94 valence electrons. The van der Waals surface area contributed by atoms with Gasteiger partial charge < -0.3 is 11.5 Å². The molecule has 2 heteroatoms. The van der Waals surface area contributed by atoms with Gasteiger partial charge in [-0.15, -0.1) is 0 Å². The average Bonchev–Trinajstić information content (AvgIpc) is 2.41. The Kier molecular flexibility index (Phi) is 3.80. The van der Waals surface area contributed by atoms with E-state index in [1.165, 1.54) is 5.56 Å². The molecule has 2 nitrogen and oxygen atoms in total. The third-order valence-electron chi connectivity index (χ3n) is 3.46. The Bertz CT molecular complexity index is 477. The van der Waals surface area contributed by atoms with Crippen LogP contribution >= 0.6 is 0 Å². The van der Waals surface area contributed by atoms with Crippen molar-refractivity contribution in [1.82, 2.24) is 0 Å². The molecule has 4 N–H and O–H groups in total. The van der Waals surface area contributed by atoms with Crippen molar-refractivity contribution in [2.45, 2.75) is 24.9 Å². The lowest BCUT2D eigenvalue weighted by molar-refractivity contribution is 0.357. The fraction of sp³-hybridized carbons (Fsp3) is 0.250. The molecule has 0 radical (unpaired) electrons. The zero-order valence-electron chi connectivity index (χ0n) is 10.7. The molecule has 0 fully saturated rings. The van der Waals surface area contributed by atoms with Gasteiger partial charge in [0.25, 0.3) is 0 Å². The Morgan fingerprint density at radius 3 is 1.89 bits per heavy atom. The highest BCUT2D eigenvalue weighted by molar-refractivity contribution is 5.31. The highest BCUT2D eigenvalue weighted by Crippen LogP contribution is 2.33. The van der Waals surface area contributed by atoms with Crippen LogP contribution in [0.2, 0.25) is 0 Å². The van der Waals surface area contributed by atoms with Crippen LogP contribution in [0.25, 0.3) is 0 Å². The van der Waals surface area contributed by atoms with E-state index in [4.69, 9.17) is 11.5 Å². The first-order valence-electron chi connectivity index (χ1n) is 6.34. The van der Waals surface area contributed by atoms with E-state index in [2.05, 4.69) is 19.1 Å². The molecule has 0 bridgehead atoms. The summed E-state index contributed by atoms with van der Waals surface area (Å²) in [6.07, 6.45) is 0.909. The Hall–Kier alpha value is -1.64. The number of benzene rings is 2. The zero-order valence-corrected chi connectivity index (χ0v) is 10.7. The van der Waals surface area contributed by atoms with Crippen LogP contribution < -0.4 is 11.5 Å². The van der Waals surface area contributed by atoms with E-state index in [9.17, 15) is 0 Å². The van der Waals surface area contributed by atoms with Gasteiger partial charge >= 0.3 is 0 Å². The third kappa shape index (κ3) is 2.45. The SMILES string of the molecule is CCC(c1ccccc1)C(N)(N)c1ccccc1. The minimum Gasteiger partial charge on any atom is -0.309 e. The maximum atomic E-state index is 6.40. The van der Waals surface area contributed by atoms with Crippen LogP contribution in [0.1, 0.15) is 30.4 Å². The number of nitrogens with two attached hydrogens (primary N) is 2. The Morgan fingerprint density at radius 1 is 0.889 bits per heavy atom. The van der Waals surface area contributed by atoms with Gasteiger partial charge in [0.15, 0.2) is 0 Å². The van der Waals surface area contributed by atoms with E-state index in [1.807, 2.05) is 48.5 Å². The van der Waals surface area contributed by atoms with Crippen molar-refractivity contribution < 1.29 is 0 Å². The van der Waals surface area contributed by atoms with Gasteiger partial charge in [0.2, 0.25) is 0 Å². The fourth-order valence-electron chi connectivity index (χ4n) is 2.46. The summed E-state index contributed by atoms with van der Waals surface area (Å²) in [6, 6.07) is 20.1. The van der Waals surface area contributed by atoms with E-state index in [1.54, 1.807) is 0 Å². The van der Waals surface area contributed by atoms with Crippen molar-refractivity contribution in [2.24, 2.45) is 11.5 Å². The first-order valence-corrected chi connectivity index (χ1v) is 6.34. The van der Waals surface area contributed by atoms with Gasteiger partial charge in [0.05, 0.1) is 5.66 Å². The van der Waals surface area contributed by atoms with Gasteiger partial charge in [-0.1, -0.05) is 67.6 Å². The van der Waals surface area contributed by atoms with Crippen LogP contribution in [0.5, 0.6) is 0 Å². The lowest BCUT2D eigenvalue weighted by atomic mass is 9.80. The van der Waals surface area contributed by atoms with Crippen molar-refractivity contribution in [3.8, 4) is 0 Å². The topological polar surface area (TPSA) is 52.0 Å². The average molecular weight is 240 g/mol. The van der Waals surface area contributed by atoms with E-state index >= 15 is 0 Å². The summed E-state index contributed by atoms with van der Waals surface area (Å²) in [5.74, 6) is 0.112. The monoisotopic (exact) mass is 240 g/mol. The normalized spacial score (nSPS) is 13.3. The Balaban J connectivity index is 2.38. The van der Waals surface area contributed by atoms with Gasteiger partial charge in [-0.05, 0) is 17.5 Å². The van der Waals surface area contributed by atoms with Crippen molar-refractivity contribution in [3.63, 3.8) is 0 Å². The predicted molar refractivity (Wildman–Crippen MR) is 76.0 cm³/mol. The van der Waals surface area contributed by atoms with E-state index < -0.39 is 5.66 Å². The molecule has 0 amide bonds. The lowest BCUT2D eigenvalue weighted by Gasteiger charge is -2.34. The van der Waals surface area contributed by atoms with Crippen LogP contribution in [-0.2, 0) is 5.66 Å². The first-order chi connectivity index (χ1) is 8.66. The van der Waals surface area contributed by atoms with Crippen LogP contribution in [0.3, 0.4) is 0 Å². The second-order valence-electron chi connectivity index (χ2n) is 4.67. The smallest absolute Gasteiger partial charge is 0.0969 e. The molecule has 0 aliphatic carbocycles. The van der Waals surface area contributed by atoms with E-state index in [-0.39, 0.29) is 5.92 Å². The molecule has 1 atom stereocenters. The summed E-state index contributed by atoms with van der Waals surface area (Å²) >= 11 is 0. The maximum Gasteiger partial charge on any atom is 0.0969 e. The van der Waals surface area contributed by atoms with Crippen molar-refractivity contribution in [1.29, 1.82) is 0 Å². The summed E-state index contributed by atoms with van der Waals surface area (Å²) in [4.78, 5) is 0. The predicted octanol–water partition coefficient (Wildman–Crippen LogP) is 2.95. The number of rotatable bonds is 4. The third-order valence-corrected chi connectivity index (χ3v) is 3.46. The minimum absolute atomic E-state index is 0.112. The molecule has 0 saturated heterocycles. The summed E-state index contributed by atoms with van der Waals surface area (Å²) in [6.45, 7) is 2.12. The quantitative estimate of drug-likeness (QED) is 0.807. The molecule has 0 aliphatic heterocycles. The summed E-state index contributed by atoms with van der Waals surface area (Å²) in [7, 11) is 0. The molecule has 0 aliphatic rings. The molecule has 0 heterocycles. The van der Waals surface area contributed by atoms with Gasteiger partial charge in [-0.25, -0.2) is 0 Å². The summed E-state index contributed by atoms with van der Waals surface area (Å²) in [5.41, 5.74) is 14.1. The van der Waals surface area contributed by atoms with Crippen LogP contribution in [0.15, 0.2) is 60.7 Å². The van der Waals surface area contributed by atoms with Gasteiger partial charge in [-0.2, -0.15) is 0 Å². The van der Waals surface area contributed by atoms with Gasteiger partial charge in [0, 0.05) is 5.92 Å². The van der Waals surface area contributed by atoms with E-state index in [0.29, 0.717) is 0 Å². The summed E-state index contributed by atoms with van der Waals surface area (Å²) < 4.78 is 0. The van der Waals surface area contributed by atoms with E-state index in [0.717, 1.165) is 12.0 Å².